The molecule has 0 radical (unpaired) electrons. The fraction of sp³-hybridized carbons (Fsp3) is 0.593. The summed E-state index contributed by atoms with van der Waals surface area (Å²) in [6.07, 6.45) is 5.25. The zero-order valence-corrected chi connectivity index (χ0v) is 21.3. The fourth-order valence-corrected chi connectivity index (χ4v) is 6.37. The van der Waals surface area contributed by atoms with Gasteiger partial charge in [0.2, 0.25) is 0 Å². The van der Waals surface area contributed by atoms with Gasteiger partial charge < -0.3 is 29.2 Å². The Morgan fingerprint density at radius 2 is 1.92 bits per heavy atom. The van der Waals surface area contributed by atoms with Crippen molar-refractivity contribution in [1.29, 1.82) is 0 Å². The minimum Gasteiger partial charge on any atom is -0.515 e. The van der Waals surface area contributed by atoms with E-state index in [0.29, 0.717) is 12.7 Å². The van der Waals surface area contributed by atoms with Crippen LogP contribution in [0.25, 0.3) is 0 Å². The Labute approximate surface area is 219 Å². The Morgan fingerprint density at radius 3 is 2.58 bits per heavy atom. The van der Waals surface area contributed by atoms with Crippen LogP contribution in [0.5, 0.6) is 0 Å². The number of hydrogen-bond acceptors (Lipinski definition) is 11. The van der Waals surface area contributed by atoms with E-state index in [2.05, 4.69) is 6.92 Å². The highest BCUT2D eigenvalue weighted by Gasteiger charge is 2.77. The van der Waals surface area contributed by atoms with E-state index in [1.807, 2.05) is 0 Å². The molecule has 4 rings (SSSR count). The number of unbranched alkanes of at least 4 members (excludes halogenated alkanes) is 3. The van der Waals surface area contributed by atoms with Crippen molar-refractivity contribution in [2.45, 2.75) is 76.6 Å². The number of hydrogen-bond donors (Lipinski definition) is 2. The normalized spacial score (nSPS) is 34.3. The summed E-state index contributed by atoms with van der Waals surface area (Å²) < 4.78 is 20.8. The van der Waals surface area contributed by atoms with Crippen molar-refractivity contribution in [3.05, 3.63) is 35.6 Å². The Bertz CT molecular complexity index is 1120. The molecule has 11 heteroatoms. The summed E-state index contributed by atoms with van der Waals surface area (Å²) in [7, 11) is 1.07. The summed E-state index contributed by atoms with van der Waals surface area (Å²) in [5.41, 5.74) is -5.03. The third-order valence-corrected chi connectivity index (χ3v) is 8.13. The lowest BCUT2D eigenvalue weighted by molar-refractivity contribution is -0.167. The number of esters is 5. The molecule has 6 atom stereocenters. The molecule has 0 aromatic rings. The van der Waals surface area contributed by atoms with E-state index in [-0.39, 0.29) is 24.8 Å². The van der Waals surface area contributed by atoms with Crippen molar-refractivity contribution in [2.24, 2.45) is 16.7 Å². The maximum absolute atomic E-state index is 13.7. The molecule has 3 aliphatic heterocycles. The van der Waals surface area contributed by atoms with Crippen molar-refractivity contribution in [1.82, 2.24) is 0 Å². The molecule has 1 aliphatic carbocycles. The molecule has 4 aliphatic rings. The van der Waals surface area contributed by atoms with E-state index in [0.717, 1.165) is 32.8 Å². The van der Waals surface area contributed by atoms with Gasteiger partial charge in [-0.15, -0.1) is 0 Å². The van der Waals surface area contributed by atoms with Crippen LogP contribution < -0.4 is 0 Å². The molecular weight excluding hydrogens is 500 g/mol. The molecule has 11 nitrogen and oxygen atoms in total. The zero-order valence-electron chi connectivity index (χ0n) is 21.3. The fourth-order valence-electron chi connectivity index (χ4n) is 6.37. The largest absolute Gasteiger partial charge is 0.515 e. The number of ether oxygens (including phenoxy) is 4. The van der Waals surface area contributed by atoms with Crippen molar-refractivity contribution in [3.8, 4) is 0 Å². The lowest BCUT2D eigenvalue weighted by Crippen LogP contribution is -2.51. The Kier molecular flexibility index (Phi) is 7.78. The monoisotopic (exact) mass is 532 g/mol. The summed E-state index contributed by atoms with van der Waals surface area (Å²) in [5.74, 6) is -5.80. The van der Waals surface area contributed by atoms with Crippen LogP contribution >= 0.6 is 0 Å². The first-order valence-corrected chi connectivity index (χ1v) is 12.8. The van der Waals surface area contributed by atoms with Crippen molar-refractivity contribution in [3.63, 3.8) is 0 Å². The number of cyclic esters (lactones) is 4. The van der Waals surface area contributed by atoms with Gasteiger partial charge in [-0.25, -0.2) is 14.4 Å². The lowest BCUT2D eigenvalue weighted by atomic mass is 9.59. The van der Waals surface area contributed by atoms with Crippen LogP contribution in [0.15, 0.2) is 35.6 Å². The van der Waals surface area contributed by atoms with Gasteiger partial charge in [0.05, 0.1) is 30.6 Å². The summed E-state index contributed by atoms with van der Waals surface area (Å²) in [4.78, 5) is 64.8. The van der Waals surface area contributed by atoms with E-state index >= 15 is 0 Å². The van der Waals surface area contributed by atoms with Gasteiger partial charge in [-0.2, -0.15) is 0 Å². The molecule has 38 heavy (non-hydrogen) atoms. The van der Waals surface area contributed by atoms with E-state index < -0.39 is 70.5 Å². The smallest absolute Gasteiger partial charge is 0.346 e. The van der Waals surface area contributed by atoms with Crippen LogP contribution in [0.1, 0.15) is 58.3 Å². The molecule has 1 saturated carbocycles. The second-order valence-corrected chi connectivity index (χ2v) is 10.2. The molecule has 0 aromatic heterocycles. The van der Waals surface area contributed by atoms with E-state index in [1.165, 1.54) is 18.2 Å². The maximum atomic E-state index is 13.7. The van der Waals surface area contributed by atoms with Gasteiger partial charge in [0.1, 0.15) is 23.0 Å². The van der Waals surface area contributed by atoms with E-state index in [9.17, 15) is 34.2 Å². The van der Waals surface area contributed by atoms with Gasteiger partial charge in [0.15, 0.2) is 0 Å². The molecule has 0 aromatic carbocycles. The predicted molar refractivity (Wildman–Crippen MR) is 128 cm³/mol. The van der Waals surface area contributed by atoms with Gasteiger partial charge in [0.25, 0.3) is 0 Å². The van der Waals surface area contributed by atoms with Crippen molar-refractivity contribution in [2.75, 3.05) is 7.11 Å². The Morgan fingerprint density at radius 1 is 1.16 bits per heavy atom. The second-order valence-electron chi connectivity index (χ2n) is 10.2. The van der Waals surface area contributed by atoms with Crippen LogP contribution in [-0.4, -0.2) is 65.5 Å². The van der Waals surface area contributed by atoms with Gasteiger partial charge in [-0.05, 0) is 37.7 Å². The van der Waals surface area contributed by atoms with Gasteiger partial charge in [-0.3, -0.25) is 9.59 Å². The number of methoxy groups -OCH3 is 1. The highest BCUT2D eigenvalue weighted by atomic mass is 16.6. The summed E-state index contributed by atoms with van der Waals surface area (Å²) >= 11 is 0. The average molecular weight is 533 g/mol. The molecule has 206 valence electrons. The maximum Gasteiger partial charge on any atom is 0.346 e. The molecule has 0 unspecified atom stereocenters. The topological polar surface area (TPSA) is 163 Å². The Hall–Kier alpha value is -3.47. The van der Waals surface area contributed by atoms with Crippen LogP contribution in [0.2, 0.25) is 0 Å². The van der Waals surface area contributed by atoms with Crippen LogP contribution in [0.3, 0.4) is 0 Å². The van der Waals surface area contributed by atoms with Crippen LogP contribution in [-0.2, 0) is 42.9 Å². The number of aliphatic hydroxyl groups excluding tert-OH is 2. The van der Waals surface area contributed by atoms with Gasteiger partial charge in [0, 0.05) is 12.5 Å². The summed E-state index contributed by atoms with van der Waals surface area (Å²) in [6, 6.07) is 0. The van der Waals surface area contributed by atoms with Crippen LogP contribution in [0.4, 0.5) is 0 Å². The summed E-state index contributed by atoms with van der Waals surface area (Å²) in [5, 5.41) is 21.3. The van der Waals surface area contributed by atoms with Crippen molar-refractivity contribution < 1.29 is 53.1 Å². The quantitative estimate of drug-likeness (QED) is 0.112. The number of aliphatic hydroxyl groups is 2. The highest BCUT2D eigenvalue weighted by molar-refractivity contribution is 6.15. The molecule has 2 N–H and O–H groups in total. The standard InChI is InChI=1S/C27H32O11/c1-3-4-5-6-8-16-11-17(22(31)36-16)26(24(33)35-2)12-15(21(30)19-9-7-10-20(29)37-19)13-27(26)18(14-28)23(32)38-25(27)34/h7,10-11,14-16,19,21,28,30H,3-6,8-9,12-13H2,1-2H3/b18-14+/t15-,16+,19-,21-,26+,27-/m1/s1. The number of carbonyl (C=O) groups excluding carboxylic acids is 5. The first-order valence-electron chi connectivity index (χ1n) is 12.8. The molecule has 1 saturated heterocycles. The highest BCUT2D eigenvalue weighted by Crippen LogP contribution is 2.67. The molecule has 3 heterocycles. The third-order valence-electron chi connectivity index (χ3n) is 8.13. The predicted octanol–water partition coefficient (Wildman–Crippen LogP) is 2.12. The minimum atomic E-state index is -2.17. The summed E-state index contributed by atoms with van der Waals surface area (Å²) in [6.45, 7) is 2.07. The minimum absolute atomic E-state index is 0.179. The van der Waals surface area contributed by atoms with Crippen LogP contribution in [0, 0.1) is 16.7 Å². The zero-order chi connectivity index (χ0) is 27.7. The average Bonchev–Trinajstić information content (AvgIpc) is 3.52. The number of rotatable bonds is 9. The molecule has 0 amide bonds. The lowest BCUT2D eigenvalue weighted by Gasteiger charge is -2.37. The first-order chi connectivity index (χ1) is 18.2. The first kappa shape index (κ1) is 27.6. The van der Waals surface area contributed by atoms with Crippen molar-refractivity contribution >= 4 is 29.8 Å². The van der Waals surface area contributed by atoms with E-state index in [1.54, 1.807) is 0 Å². The molecule has 2 fully saturated rings. The molecule has 0 bridgehead atoms. The Balaban J connectivity index is 1.82. The molecular formula is C27H32O11. The van der Waals surface area contributed by atoms with Gasteiger partial charge in [-0.1, -0.05) is 32.3 Å². The van der Waals surface area contributed by atoms with Gasteiger partial charge >= 0.3 is 29.8 Å². The van der Waals surface area contributed by atoms with E-state index in [4.69, 9.17) is 18.9 Å². The number of carbonyl (C=O) groups is 5. The SMILES string of the molecule is CCCCCC[C@H]1C=C([C@]2(C(=O)OC)C[C@@H]([C@@H](O)[C@H]3CC=CC(=O)O3)C[C@@]23C(=O)OC(=O)/C3=C\O)C(=O)O1. The second kappa shape index (κ2) is 10.7. The molecule has 1 spiro atoms. The third kappa shape index (κ3) is 4.22.